The monoisotopic (exact) mass is 347 g/mol. The van der Waals surface area contributed by atoms with Crippen molar-refractivity contribution in [1.29, 1.82) is 0 Å². The Bertz CT molecular complexity index is 260. The Morgan fingerprint density at radius 1 is 0.917 bits per heavy atom. The van der Waals surface area contributed by atoms with Crippen LogP contribution in [0.1, 0.15) is 71.6 Å². The van der Waals surface area contributed by atoms with E-state index in [2.05, 4.69) is 19.3 Å². The highest BCUT2D eigenvalue weighted by Crippen LogP contribution is 2.02. The molecule has 24 heavy (non-hydrogen) atoms. The Morgan fingerprint density at radius 3 is 1.92 bits per heavy atom. The summed E-state index contributed by atoms with van der Waals surface area (Å²) < 4.78 is 11.3. The largest absolute Gasteiger partial charge is 0.481 e. The maximum atomic E-state index is 10.5. The molecule has 0 aromatic rings. The Morgan fingerprint density at radius 2 is 1.46 bits per heavy atom. The van der Waals surface area contributed by atoms with Gasteiger partial charge in [0.05, 0.1) is 19.6 Å². The van der Waals surface area contributed by atoms with Gasteiger partial charge in [0.15, 0.2) is 0 Å². The first kappa shape index (κ1) is 23.3. The van der Waals surface area contributed by atoms with Crippen LogP contribution in [0.15, 0.2) is 0 Å². The zero-order chi connectivity index (χ0) is 17.9. The molecule has 0 radical (unpaired) electrons. The molecule has 144 valence electrons. The summed E-state index contributed by atoms with van der Waals surface area (Å²) in [6, 6.07) is 0. The van der Waals surface area contributed by atoms with E-state index in [9.17, 15) is 4.79 Å². The molecule has 0 atom stereocenters. The second kappa shape index (κ2) is 18.6. The van der Waals surface area contributed by atoms with Gasteiger partial charge in [0.2, 0.25) is 0 Å². The van der Waals surface area contributed by atoms with Crippen LogP contribution in [0, 0.1) is 0 Å². The summed E-state index contributed by atoms with van der Waals surface area (Å²) in [5.74, 6) is -0.845. The third-order valence-electron chi connectivity index (χ3n) is 3.58. The predicted molar refractivity (Wildman–Crippen MR) is 95.1 cm³/mol. The Hall–Kier alpha value is -0.690. The third kappa shape index (κ3) is 17.7. The SMILES string of the molecule is CCCCCCOCC(COCCCCCC)ONCCC(=O)O. The van der Waals surface area contributed by atoms with Gasteiger partial charge in [-0.1, -0.05) is 52.4 Å². The topological polar surface area (TPSA) is 77.0 Å². The molecule has 0 heterocycles. The van der Waals surface area contributed by atoms with E-state index in [4.69, 9.17) is 19.4 Å². The van der Waals surface area contributed by atoms with Crippen LogP contribution in [0.3, 0.4) is 0 Å². The van der Waals surface area contributed by atoms with Crippen molar-refractivity contribution in [3.05, 3.63) is 0 Å². The highest BCUT2D eigenvalue weighted by molar-refractivity contribution is 5.66. The van der Waals surface area contributed by atoms with Crippen LogP contribution in [0.2, 0.25) is 0 Å². The standard InChI is InChI=1S/C18H37NO5/c1-3-5-7-9-13-22-15-17(24-19-12-11-18(20)21)16-23-14-10-8-6-4-2/h17,19H,3-16H2,1-2H3,(H,20,21). The number of hydrogen-bond donors (Lipinski definition) is 2. The lowest BCUT2D eigenvalue weighted by atomic mass is 10.2. The fourth-order valence-corrected chi connectivity index (χ4v) is 2.14. The summed E-state index contributed by atoms with van der Waals surface area (Å²) in [5, 5.41) is 8.62. The second-order valence-electron chi connectivity index (χ2n) is 6.05. The number of ether oxygens (including phenoxy) is 2. The van der Waals surface area contributed by atoms with Crippen molar-refractivity contribution in [2.75, 3.05) is 33.0 Å². The molecule has 0 aliphatic rings. The van der Waals surface area contributed by atoms with E-state index in [0.29, 0.717) is 13.2 Å². The number of unbranched alkanes of at least 4 members (excludes halogenated alkanes) is 6. The number of hydrogen-bond acceptors (Lipinski definition) is 5. The highest BCUT2D eigenvalue weighted by atomic mass is 16.7. The number of carbonyl (C=O) groups is 1. The number of carboxylic acid groups (broad SMARTS) is 1. The average Bonchev–Trinajstić information content (AvgIpc) is 2.56. The maximum absolute atomic E-state index is 10.5. The van der Waals surface area contributed by atoms with Crippen molar-refractivity contribution in [2.45, 2.75) is 77.7 Å². The van der Waals surface area contributed by atoms with Gasteiger partial charge in [-0.2, -0.15) is 0 Å². The Labute approximate surface area is 147 Å². The van der Waals surface area contributed by atoms with E-state index in [1.54, 1.807) is 0 Å². The van der Waals surface area contributed by atoms with E-state index < -0.39 is 5.97 Å². The van der Waals surface area contributed by atoms with Crippen molar-refractivity contribution in [3.63, 3.8) is 0 Å². The first-order valence-corrected chi connectivity index (χ1v) is 9.46. The molecule has 0 aromatic carbocycles. The van der Waals surface area contributed by atoms with Crippen molar-refractivity contribution in [2.24, 2.45) is 0 Å². The van der Waals surface area contributed by atoms with Crippen molar-refractivity contribution in [1.82, 2.24) is 5.48 Å². The smallest absolute Gasteiger partial charge is 0.304 e. The lowest BCUT2D eigenvalue weighted by Crippen LogP contribution is -2.33. The van der Waals surface area contributed by atoms with Crippen LogP contribution in [-0.4, -0.2) is 50.2 Å². The van der Waals surface area contributed by atoms with E-state index in [1.165, 1.54) is 38.5 Å². The number of aliphatic carboxylic acids is 1. The van der Waals surface area contributed by atoms with Crippen LogP contribution >= 0.6 is 0 Å². The van der Waals surface area contributed by atoms with Crippen LogP contribution in [0.4, 0.5) is 0 Å². The molecule has 0 rings (SSSR count). The molecule has 0 aromatic heterocycles. The van der Waals surface area contributed by atoms with Crippen molar-refractivity contribution < 1.29 is 24.2 Å². The van der Waals surface area contributed by atoms with Gasteiger partial charge in [0, 0.05) is 19.8 Å². The Kier molecular flexibility index (Phi) is 18.1. The van der Waals surface area contributed by atoms with E-state index in [0.717, 1.165) is 26.1 Å². The van der Waals surface area contributed by atoms with Gasteiger partial charge in [-0.15, -0.1) is 0 Å². The highest BCUT2D eigenvalue weighted by Gasteiger charge is 2.11. The summed E-state index contributed by atoms with van der Waals surface area (Å²) in [6.07, 6.45) is 9.21. The lowest BCUT2D eigenvalue weighted by molar-refractivity contribution is -0.138. The van der Waals surface area contributed by atoms with Gasteiger partial charge >= 0.3 is 5.97 Å². The lowest BCUT2D eigenvalue weighted by Gasteiger charge is -2.18. The number of nitrogens with one attached hydrogen (secondary N) is 1. The fraction of sp³-hybridized carbons (Fsp3) is 0.944. The molecule has 2 N–H and O–H groups in total. The average molecular weight is 347 g/mol. The summed E-state index contributed by atoms with van der Waals surface area (Å²) in [7, 11) is 0. The van der Waals surface area contributed by atoms with Gasteiger partial charge in [0.25, 0.3) is 0 Å². The summed E-state index contributed by atoms with van der Waals surface area (Å²) in [6.45, 7) is 7.02. The normalized spacial score (nSPS) is 11.3. The van der Waals surface area contributed by atoms with Crippen LogP contribution in [0.5, 0.6) is 0 Å². The third-order valence-corrected chi connectivity index (χ3v) is 3.58. The number of carboxylic acids is 1. The van der Waals surface area contributed by atoms with E-state index in [1.807, 2.05) is 0 Å². The minimum Gasteiger partial charge on any atom is -0.481 e. The van der Waals surface area contributed by atoms with Crippen molar-refractivity contribution in [3.8, 4) is 0 Å². The molecule has 0 amide bonds. The summed E-state index contributed by atoms with van der Waals surface area (Å²) in [5.41, 5.74) is 2.70. The quantitative estimate of drug-likeness (QED) is 0.275. The molecule has 0 bridgehead atoms. The zero-order valence-electron chi connectivity index (χ0n) is 15.6. The second-order valence-corrected chi connectivity index (χ2v) is 6.05. The van der Waals surface area contributed by atoms with Gasteiger partial charge in [0.1, 0.15) is 6.10 Å². The van der Waals surface area contributed by atoms with Gasteiger partial charge < -0.3 is 14.6 Å². The molecular formula is C18H37NO5. The molecule has 0 saturated carbocycles. The fourth-order valence-electron chi connectivity index (χ4n) is 2.14. The number of rotatable bonds is 19. The molecule has 0 aliphatic heterocycles. The minimum atomic E-state index is -0.845. The van der Waals surface area contributed by atoms with Gasteiger partial charge in [-0.25, -0.2) is 5.48 Å². The molecule has 0 saturated heterocycles. The molecule has 0 spiro atoms. The summed E-state index contributed by atoms with van der Waals surface area (Å²) >= 11 is 0. The van der Waals surface area contributed by atoms with Crippen molar-refractivity contribution >= 4 is 5.97 Å². The molecule has 0 aliphatic carbocycles. The molecule has 0 fully saturated rings. The summed E-state index contributed by atoms with van der Waals surface area (Å²) in [4.78, 5) is 16.0. The predicted octanol–water partition coefficient (Wildman–Crippen LogP) is 3.54. The first-order chi connectivity index (χ1) is 11.7. The molecule has 0 unspecified atom stereocenters. The van der Waals surface area contributed by atoms with Crippen LogP contribution in [-0.2, 0) is 19.1 Å². The number of hydroxylamine groups is 1. The first-order valence-electron chi connectivity index (χ1n) is 9.46. The van der Waals surface area contributed by atoms with Gasteiger partial charge in [-0.05, 0) is 12.8 Å². The van der Waals surface area contributed by atoms with E-state index in [-0.39, 0.29) is 19.1 Å². The Balaban J connectivity index is 3.80. The van der Waals surface area contributed by atoms with Gasteiger partial charge in [-0.3, -0.25) is 9.63 Å². The minimum absolute atomic E-state index is 0.0302. The zero-order valence-corrected chi connectivity index (χ0v) is 15.6. The molecule has 6 heteroatoms. The van der Waals surface area contributed by atoms with Crippen LogP contribution in [0.25, 0.3) is 0 Å². The molecule has 6 nitrogen and oxygen atoms in total. The maximum Gasteiger partial charge on any atom is 0.304 e. The molecular weight excluding hydrogens is 310 g/mol. The van der Waals surface area contributed by atoms with Crippen LogP contribution < -0.4 is 5.48 Å². The van der Waals surface area contributed by atoms with E-state index >= 15 is 0 Å².